The van der Waals surface area contributed by atoms with Gasteiger partial charge in [-0.3, -0.25) is 14.9 Å². The summed E-state index contributed by atoms with van der Waals surface area (Å²) in [5.74, 6) is -0.235. The van der Waals surface area contributed by atoms with E-state index in [2.05, 4.69) is 16.0 Å². The highest BCUT2D eigenvalue weighted by molar-refractivity contribution is 5.83. The first kappa shape index (κ1) is 14.7. The van der Waals surface area contributed by atoms with Gasteiger partial charge in [-0.1, -0.05) is 13.0 Å². The molecule has 0 saturated carbocycles. The van der Waals surface area contributed by atoms with Crippen molar-refractivity contribution in [1.29, 1.82) is 0 Å². The molecule has 0 spiro atoms. The number of hydrogen-bond donors (Lipinski definition) is 3. The molecule has 0 aliphatic carbocycles. The van der Waals surface area contributed by atoms with Gasteiger partial charge in [0.25, 0.3) is 0 Å². The summed E-state index contributed by atoms with van der Waals surface area (Å²) >= 11 is 0. The number of nitrogens with one attached hydrogen (secondary N) is 3. The second-order valence-electron chi connectivity index (χ2n) is 3.91. The van der Waals surface area contributed by atoms with Crippen LogP contribution < -0.4 is 16.0 Å². The van der Waals surface area contributed by atoms with Gasteiger partial charge in [0.1, 0.15) is 11.4 Å². The van der Waals surface area contributed by atoms with Gasteiger partial charge in [0, 0.05) is 13.6 Å². The predicted octanol–water partition coefficient (Wildman–Crippen LogP) is 1.57. The zero-order chi connectivity index (χ0) is 14.3. The summed E-state index contributed by atoms with van der Waals surface area (Å²) in [4.78, 5) is 21.9. The lowest BCUT2D eigenvalue weighted by molar-refractivity contribution is -0.383. The lowest BCUT2D eigenvalue weighted by atomic mass is 10.2. The first-order chi connectivity index (χ1) is 9.10. The Balaban J connectivity index is 2.95. The second-order valence-corrected chi connectivity index (χ2v) is 3.91. The largest absolute Gasteiger partial charge is 0.379 e. The minimum absolute atomic E-state index is 0.00539. The smallest absolute Gasteiger partial charge is 0.315 e. The van der Waals surface area contributed by atoms with Gasteiger partial charge in [-0.2, -0.15) is 0 Å². The summed E-state index contributed by atoms with van der Waals surface area (Å²) in [6.45, 7) is 2.63. The third-order valence-electron chi connectivity index (χ3n) is 2.50. The molecule has 0 heterocycles. The Morgan fingerprint density at radius 2 is 1.95 bits per heavy atom. The predicted molar refractivity (Wildman–Crippen MR) is 74.4 cm³/mol. The number of anilines is 2. The lowest BCUT2D eigenvalue weighted by Crippen LogP contribution is -2.26. The molecular weight excluding hydrogens is 248 g/mol. The Kier molecular flexibility index (Phi) is 5.59. The number of nitro benzene ring substituents is 1. The van der Waals surface area contributed by atoms with E-state index in [-0.39, 0.29) is 18.1 Å². The lowest BCUT2D eigenvalue weighted by Gasteiger charge is -2.10. The van der Waals surface area contributed by atoms with E-state index in [1.165, 1.54) is 7.05 Å². The van der Waals surface area contributed by atoms with Crippen molar-refractivity contribution in [3.8, 4) is 0 Å². The molecule has 7 heteroatoms. The molecule has 0 bridgehead atoms. The molecule has 0 aliphatic rings. The topological polar surface area (TPSA) is 96.3 Å². The number of hydrogen-bond acceptors (Lipinski definition) is 5. The van der Waals surface area contributed by atoms with Crippen LogP contribution in [0.1, 0.15) is 13.3 Å². The van der Waals surface area contributed by atoms with Gasteiger partial charge in [-0.15, -0.1) is 0 Å². The number of carbonyl (C=O) groups excluding carboxylic acids is 1. The molecule has 1 aromatic carbocycles. The number of carbonyl (C=O) groups is 1. The molecule has 0 saturated heterocycles. The van der Waals surface area contributed by atoms with Crippen LogP contribution in [0.2, 0.25) is 0 Å². The van der Waals surface area contributed by atoms with Crippen molar-refractivity contribution in [2.24, 2.45) is 0 Å². The van der Waals surface area contributed by atoms with Crippen molar-refractivity contribution in [2.45, 2.75) is 13.3 Å². The van der Waals surface area contributed by atoms with Crippen molar-refractivity contribution < 1.29 is 9.72 Å². The van der Waals surface area contributed by atoms with E-state index < -0.39 is 4.92 Å². The van der Waals surface area contributed by atoms with E-state index in [4.69, 9.17) is 0 Å². The number of likely N-dealkylation sites (N-methyl/N-ethyl adjacent to an activating group) is 1. The maximum absolute atomic E-state index is 11.2. The standard InChI is InChI=1S/C12H18N4O3/c1-3-7-14-9-5-4-6-10(12(9)16(18)19)15-8-11(17)13-2/h4-6,14-15H,3,7-8H2,1-2H3,(H,13,17). The van der Waals surface area contributed by atoms with E-state index in [1.807, 2.05) is 6.92 Å². The second kappa shape index (κ2) is 7.20. The number of rotatable bonds is 7. The van der Waals surface area contributed by atoms with Gasteiger partial charge in [-0.05, 0) is 18.6 Å². The summed E-state index contributed by atoms with van der Waals surface area (Å²) in [5, 5.41) is 19.4. The molecule has 0 radical (unpaired) electrons. The summed E-state index contributed by atoms with van der Waals surface area (Å²) in [7, 11) is 1.51. The van der Waals surface area contributed by atoms with Crippen molar-refractivity contribution in [3.63, 3.8) is 0 Å². The van der Waals surface area contributed by atoms with E-state index in [0.717, 1.165) is 6.42 Å². The molecule has 0 fully saturated rings. The van der Waals surface area contributed by atoms with E-state index in [1.54, 1.807) is 18.2 Å². The fourth-order valence-electron chi connectivity index (χ4n) is 1.55. The van der Waals surface area contributed by atoms with Crippen molar-refractivity contribution in [3.05, 3.63) is 28.3 Å². The molecule has 1 aromatic rings. The Labute approximate surface area is 111 Å². The molecule has 104 valence electrons. The number of nitrogens with zero attached hydrogens (tertiary/aromatic N) is 1. The molecular formula is C12H18N4O3. The molecule has 0 aromatic heterocycles. The molecule has 0 unspecified atom stereocenters. The van der Waals surface area contributed by atoms with Gasteiger partial charge in [0.2, 0.25) is 5.91 Å². The number of benzene rings is 1. The fraction of sp³-hybridized carbons (Fsp3) is 0.417. The van der Waals surface area contributed by atoms with Crippen LogP contribution in [0.5, 0.6) is 0 Å². The van der Waals surface area contributed by atoms with Gasteiger partial charge >= 0.3 is 5.69 Å². The van der Waals surface area contributed by atoms with Gasteiger partial charge in [0.15, 0.2) is 0 Å². The first-order valence-electron chi connectivity index (χ1n) is 6.05. The number of nitro groups is 1. The highest BCUT2D eigenvalue weighted by Gasteiger charge is 2.19. The Hall–Kier alpha value is -2.31. The van der Waals surface area contributed by atoms with Crippen LogP contribution in [0.15, 0.2) is 18.2 Å². The third-order valence-corrected chi connectivity index (χ3v) is 2.50. The maximum atomic E-state index is 11.2. The average molecular weight is 266 g/mol. The maximum Gasteiger partial charge on any atom is 0.315 e. The number of amides is 1. The summed E-state index contributed by atoms with van der Waals surface area (Å²) in [5.41, 5.74) is 0.739. The fourth-order valence-corrected chi connectivity index (χ4v) is 1.55. The Bertz CT molecular complexity index is 462. The highest BCUT2D eigenvalue weighted by atomic mass is 16.6. The van der Waals surface area contributed by atoms with Crippen LogP contribution in [0.3, 0.4) is 0 Å². The van der Waals surface area contributed by atoms with Crippen LogP contribution in [-0.4, -0.2) is 31.0 Å². The first-order valence-corrected chi connectivity index (χ1v) is 6.05. The molecule has 3 N–H and O–H groups in total. The quantitative estimate of drug-likeness (QED) is 0.514. The van der Waals surface area contributed by atoms with Crippen LogP contribution in [0.4, 0.5) is 17.1 Å². The molecule has 1 amide bonds. The zero-order valence-electron chi connectivity index (χ0n) is 11.0. The van der Waals surface area contributed by atoms with E-state index >= 15 is 0 Å². The normalized spacial score (nSPS) is 9.79. The van der Waals surface area contributed by atoms with Gasteiger partial charge in [0.05, 0.1) is 11.5 Å². The monoisotopic (exact) mass is 266 g/mol. The van der Waals surface area contributed by atoms with Gasteiger partial charge < -0.3 is 16.0 Å². The van der Waals surface area contributed by atoms with Gasteiger partial charge in [-0.25, -0.2) is 0 Å². The van der Waals surface area contributed by atoms with E-state index in [9.17, 15) is 14.9 Å². The summed E-state index contributed by atoms with van der Waals surface area (Å²) < 4.78 is 0. The zero-order valence-corrected chi connectivity index (χ0v) is 11.0. The Morgan fingerprint density at radius 1 is 1.32 bits per heavy atom. The molecule has 19 heavy (non-hydrogen) atoms. The van der Waals surface area contributed by atoms with Crippen molar-refractivity contribution in [1.82, 2.24) is 5.32 Å². The van der Waals surface area contributed by atoms with Crippen LogP contribution in [-0.2, 0) is 4.79 Å². The van der Waals surface area contributed by atoms with E-state index in [0.29, 0.717) is 17.9 Å². The minimum Gasteiger partial charge on any atom is -0.379 e. The molecule has 0 aliphatic heterocycles. The summed E-state index contributed by atoms with van der Waals surface area (Å²) in [6, 6.07) is 4.94. The summed E-state index contributed by atoms with van der Waals surface area (Å²) in [6.07, 6.45) is 0.868. The number of para-hydroxylation sites is 1. The van der Waals surface area contributed by atoms with Crippen LogP contribution >= 0.6 is 0 Å². The third kappa shape index (κ3) is 4.13. The molecule has 7 nitrogen and oxygen atoms in total. The van der Waals surface area contributed by atoms with Crippen molar-refractivity contribution in [2.75, 3.05) is 30.8 Å². The van der Waals surface area contributed by atoms with Crippen LogP contribution in [0.25, 0.3) is 0 Å². The SMILES string of the molecule is CCCNc1cccc(NCC(=O)NC)c1[N+](=O)[O-]. The molecule has 0 atom stereocenters. The average Bonchev–Trinajstić information content (AvgIpc) is 2.41. The highest BCUT2D eigenvalue weighted by Crippen LogP contribution is 2.32. The van der Waals surface area contributed by atoms with Crippen LogP contribution in [0, 0.1) is 10.1 Å². The molecule has 1 rings (SSSR count). The Morgan fingerprint density at radius 3 is 2.47 bits per heavy atom. The minimum atomic E-state index is -0.454. The van der Waals surface area contributed by atoms with Crippen molar-refractivity contribution >= 4 is 23.0 Å².